The molecule has 0 spiro atoms. The highest BCUT2D eigenvalue weighted by molar-refractivity contribution is 7.89. The van der Waals surface area contributed by atoms with Crippen LogP contribution in [0.4, 0.5) is 5.69 Å². The molecule has 116 valence electrons. The summed E-state index contributed by atoms with van der Waals surface area (Å²) >= 11 is 0. The molecular formula is C14H20N2O4S. The largest absolute Gasteiger partial charge is 0.476 e. The number of nitrogens with one attached hydrogen (secondary N) is 2. The third-order valence-corrected chi connectivity index (χ3v) is 4.98. The van der Waals surface area contributed by atoms with E-state index < -0.39 is 15.6 Å². The summed E-state index contributed by atoms with van der Waals surface area (Å²) in [4.78, 5) is 11.9. The van der Waals surface area contributed by atoms with E-state index in [9.17, 15) is 13.2 Å². The molecule has 0 radical (unpaired) electrons. The topological polar surface area (TPSA) is 84.5 Å². The zero-order valence-corrected chi connectivity index (χ0v) is 13.4. The van der Waals surface area contributed by atoms with Crippen molar-refractivity contribution in [3.8, 4) is 5.75 Å². The maximum Gasteiger partial charge on any atom is 0.268 e. The van der Waals surface area contributed by atoms with Crippen LogP contribution in [0.1, 0.15) is 34.1 Å². The van der Waals surface area contributed by atoms with E-state index in [0.717, 1.165) is 0 Å². The fourth-order valence-corrected chi connectivity index (χ4v) is 3.21. The maximum atomic E-state index is 12.3. The molecule has 0 aromatic heterocycles. The number of ether oxygens (including phenoxy) is 1. The Morgan fingerprint density at radius 1 is 1.38 bits per heavy atom. The van der Waals surface area contributed by atoms with Gasteiger partial charge in [0.2, 0.25) is 10.0 Å². The average Bonchev–Trinajstić information content (AvgIpc) is 2.38. The Balaban J connectivity index is 2.36. The molecule has 21 heavy (non-hydrogen) atoms. The first-order valence-corrected chi connectivity index (χ1v) is 8.31. The third-order valence-electron chi connectivity index (χ3n) is 3.39. The van der Waals surface area contributed by atoms with Crippen LogP contribution in [-0.2, 0) is 14.8 Å². The number of carbonyl (C=O) groups excluding carboxylic acids is 1. The molecule has 0 unspecified atom stereocenters. The van der Waals surface area contributed by atoms with E-state index in [1.807, 2.05) is 6.92 Å². The molecule has 0 bridgehead atoms. The molecule has 1 aliphatic heterocycles. The average molecular weight is 312 g/mol. The Morgan fingerprint density at radius 2 is 2.05 bits per heavy atom. The second-order valence-electron chi connectivity index (χ2n) is 5.66. The molecule has 0 fully saturated rings. The van der Waals surface area contributed by atoms with E-state index in [0.29, 0.717) is 17.9 Å². The van der Waals surface area contributed by atoms with Crippen molar-refractivity contribution < 1.29 is 17.9 Å². The first kappa shape index (κ1) is 15.8. The zero-order valence-electron chi connectivity index (χ0n) is 12.6. The molecule has 1 aliphatic rings. The number of anilines is 1. The first-order chi connectivity index (χ1) is 9.65. The molecule has 0 saturated heterocycles. The van der Waals surface area contributed by atoms with Crippen molar-refractivity contribution in [1.82, 2.24) is 4.72 Å². The lowest BCUT2D eigenvalue weighted by atomic mass is 10.1. The quantitative estimate of drug-likeness (QED) is 0.889. The van der Waals surface area contributed by atoms with E-state index >= 15 is 0 Å². The summed E-state index contributed by atoms with van der Waals surface area (Å²) in [5.74, 6) is 0.0926. The standard InChI is InChI=1S/C14H20N2O4S/c1-5-9(2)16-21(18,19)10-6-7-11-12(8-10)20-14(3,4)13(17)15-11/h6-9,16H,5H2,1-4H3,(H,15,17)/t9-/m1/s1. The van der Waals surface area contributed by atoms with Crippen LogP contribution in [-0.4, -0.2) is 26.0 Å². The number of rotatable bonds is 4. The van der Waals surface area contributed by atoms with Gasteiger partial charge in [-0.15, -0.1) is 0 Å². The van der Waals surface area contributed by atoms with E-state index in [1.165, 1.54) is 18.2 Å². The highest BCUT2D eigenvalue weighted by atomic mass is 32.2. The van der Waals surface area contributed by atoms with Crippen molar-refractivity contribution in [1.29, 1.82) is 0 Å². The van der Waals surface area contributed by atoms with Gasteiger partial charge in [0.1, 0.15) is 5.75 Å². The third kappa shape index (κ3) is 3.19. The minimum Gasteiger partial charge on any atom is -0.476 e. The van der Waals surface area contributed by atoms with Crippen molar-refractivity contribution in [2.75, 3.05) is 5.32 Å². The van der Waals surface area contributed by atoms with Crippen LogP contribution < -0.4 is 14.8 Å². The van der Waals surface area contributed by atoms with Gasteiger partial charge in [0.25, 0.3) is 5.91 Å². The molecule has 0 saturated carbocycles. The number of hydrogen-bond acceptors (Lipinski definition) is 4. The lowest BCUT2D eigenvalue weighted by Gasteiger charge is -2.31. The first-order valence-electron chi connectivity index (χ1n) is 6.82. The number of sulfonamides is 1. The molecule has 2 rings (SSSR count). The lowest BCUT2D eigenvalue weighted by Crippen LogP contribution is -2.45. The number of hydrogen-bond donors (Lipinski definition) is 2. The molecule has 6 nitrogen and oxygen atoms in total. The molecule has 2 N–H and O–H groups in total. The zero-order chi connectivity index (χ0) is 15.8. The van der Waals surface area contributed by atoms with Crippen LogP contribution in [0, 0.1) is 0 Å². The van der Waals surface area contributed by atoms with Gasteiger partial charge in [-0.05, 0) is 39.3 Å². The van der Waals surface area contributed by atoms with Gasteiger partial charge in [-0.1, -0.05) is 6.92 Å². The number of benzene rings is 1. The van der Waals surface area contributed by atoms with Gasteiger partial charge < -0.3 is 10.1 Å². The van der Waals surface area contributed by atoms with Gasteiger partial charge in [0.05, 0.1) is 10.6 Å². The Bertz CT molecular complexity index is 668. The van der Waals surface area contributed by atoms with Crippen LogP contribution in [0.5, 0.6) is 5.75 Å². The van der Waals surface area contributed by atoms with Crippen LogP contribution >= 0.6 is 0 Å². The van der Waals surface area contributed by atoms with Gasteiger partial charge in [0.15, 0.2) is 5.60 Å². The Labute approximate surface area is 124 Å². The second-order valence-corrected chi connectivity index (χ2v) is 7.37. The Hall–Kier alpha value is -1.60. The van der Waals surface area contributed by atoms with Gasteiger partial charge >= 0.3 is 0 Å². The second kappa shape index (κ2) is 5.31. The van der Waals surface area contributed by atoms with Crippen LogP contribution in [0.15, 0.2) is 23.1 Å². The van der Waals surface area contributed by atoms with Crippen LogP contribution in [0.3, 0.4) is 0 Å². The maximum absolute atomic E-state index is 12.3. The monoisotopic (exact) mass is 312 g/mol. The van der Waals surface area contributed by atoms with Gasteiger partial charge in [0, 0.05) is 12.1 Å². The minimum atomic E-state index is -3.60. The number of amides is 1. The predicted octanol–water partition coefficient (Wildman–Crippen LogP) is 1.87. The van der Waals surface area contributed by atoms with Crippen molar-refractivity contribution in [2.45, 2.75) is 50.7 Å². The Kier molecular flexibility index (Phi) is 3.99. The fraction of sp³-hybridized carbons (Fsp3) is 0.500. The molecular weight excluding hydrogens is 292 g/mol. The molecule has 7 heteroatoms. The lowest BCUT2D eigenvalue weighted by molar-refractivity contribution is -0.129. The van der Waals surface area contributed by atoms with Crippen molar-refractivity contribution in [3.05, 3.63) is 18.2 Å². The van der Waals surface area contributed by atoms with E-state index in [-0.39, 0.29) is 16.8 Å². The smallest absolute Gasteiger partial charge is 0.268 e. The van der Waals surface area contributed by atoms with Crippen molar-refractivity contribution >= 4 is 21.6 Å². The summed E-state index contributed by atoms with van der Waals surface area (Å²) in [7, 11) is -3.60. The van der Waals surface area contributed by atoms with Crippen LogP contribution in [0.2, 0.25) is 0 Å². The number of carbonyl (C=O) groups is 1. The predicted molar refractivity (Wildman–Crippen MR) is 79.9 cm³/mol. The van der Waals surface area contributed by atoms with Crippen molar-refractivity contribution in [3.63, 3.8) is 0 Å². The van der Waals surface area contributed by atoms with Crippen LogP contribution in [0.25, 0.3) is 0 Å². The van der Waals surface area contributed by atoms with Gasteiger partial charge in [-0.25, -0.2) is 13.1 Å². The van der Waals surface area contributed by atoms with E-state index in [1.54, 1.807) is 20.8 Å². The molecule has 1 aromatic rings. The molecule has 0 aliphatic carbocycles. The summed E-state index contributed by atoms with van der Waals surface area (Å²) in [6.07, 6.45) is 0.698. The summed E-state index contributed by atoms with van der Waals surface area (Å²) in [5, 5.41) is 2.70. The molecule has 1 amide bonds. The minimum absolute atomic E-state index is 0.119. The molecule has 1 aromatic carbocycles. The summed E-state index contributed by atoms with van der Waals surface area (Å²) in [6, 6.07) is 4.27. The number of fused-ring (bicyclic) bond motifs is 1. The SMILES string of the molecule is CC[C@@H](C)NS(=O)(=O)c1ccc2c(c1)OC(C)(C)C(=O)N2. The highest BCUT2D eigenvalue weighted by Gasteiger charge is 2.36. The fourth-order valence-electron chi connectivity index (χ4n) is 1.87. The van der Waals surface area contributed by atoms with Gasteiger partial charge in [-0.2, -0.15) is 0 Å². The summed E-state index contributed by atoms with van der Waals surface area (Å²) in [5.41, 5.74) is -0.554. The molecule has 1 atom stereocenters. The van der Waals surface area contributed by atoms with Crippen molar-refractivity contribution in [2.24, 2.45) is 0 Å². The van der Waals surface area contributed by atoms with E-state index in [4.69, 9.17) is 4.74 Å². The summed E-state index contributed by atoms with van der Waals surface area (Å²) < 4.78 is 32.7. The summed E-state index contributed by atoms with van der Waals surface area (Å²) in [6.45, 7) is 6.96. The Morgan fingerprint density at radius 3 is 2.67 bits per heavy atom. The van der Waals surface area contributed by atoms with E-state index in [2.05, 4.69) is 10.0 Å². The molecule has 1 heterocycles. The normalized spacial score (nSPS) is 18.4. The van der Waals surface area contributed by atoms with Gasteiger partial charge in [-0.3, -0.25) is 4.79 Å². The highest BCUT2D eigenvalue weighted by Crippen LogP contribution is 2.35.